The van der Waals surface area contributed by atoms with E-state index in [-0.39, 0.29) is 0 Å². The lowest BCUT2D eigenvalue weighted by molar-refractivity contribution is 0.259. The molecule has 0 aliphatic rings. The first-order valence-electron chi connectivity index (χ1n) is 6.50. The Hall–Kier alpha value is -2.49. The molecule has 0 spiro atoms. The molecule has 4 N–H and O–H groups in total. The number of carbonyl (C=O) groups excluding carboxylic acids is 1. The second-order valence-corrected chi connectivity index (χ2v) is 4.92. The lowest BCUT2D eigenvalue weighted by atomic mass is 10.1. The Bertz CT molecular complexity index is 585. The van der Waals surface area contributed by atoms with E-state index in [1.807, 2.05) is 24.3 Å². The minimum absolute atomic E-state index is 0.555. The molecule has 0 fully saturated rings. The highest BCUT2D eigenvalue weighted by molar-refractivity contribution is 5.87. The third kappa shape index (κ3) is 4.02. The normalized spacial score (nSPS) is 10.1. The Kier molecular flexibility index (Phi) is 4.25. The molecule has 4 nitrogen and oxygen atoms in total. The summed E-state index contributed by atoms with van der Waals surface area (Å²) in [6.45, 7) is 4.96. The highest BCUT2D eigenvalue weighted by Crippen LogP contribution is 2.15. The molecule has 0 aliphatic carbocycles. The summed E-state index contributed by atoms with van der Waals surface area (Å²) < 4.78 is 0. The number of hydrogen-bond donors (Lipinski definition) is 3. The smallest absolute Gasteiger partial charge is 0.316 e. The fourth-order valence-electron chi connectivity index (χ4n) is 2.19. The van der Waals surface area contributed by atoms with Crippen molar-refractivity contribution in [3.05, 3.63) is 59.2 Å². The summed E-state index contributed by atoms with van der Waals surface area (Å²) in [7, 11) is 0. The Morgan fingerprint density at radius 2 is 1.55 bits per heavy atom. The van der Waals surface area contributed by atoms with Crippen molar-refractivity contribution in [3.63, 3.8) is 0 Å². The first-order valence-corrected chi connectivity index (χ1v) is 6.50. The van der Waals surface area contributed by atoms with Crippen LogP contribution in [0.2, 0.25) is 0 Å². The molecule has 0 aliphatic heterocycles. The molecule has 0 heterocycles. The van der Waals surface area contributed by atoms with E-state index in [2.05, 4.69) is 42.7 Å². The number of carbonyl (C=O) groups is 1. The predicted molar refractivity (Wildman–Crippen MR) is 82.9 cm³/mol. The van der Waals surface area contributed by atoms with Gasteiger partial charge in [-0.25, -0.2) is 4.79 Å². The van der Waals surface area contributed by atoms with Gasteiger partial charge < -0.3 is 16.4 Å². The molecule has 0 unspecified atom stereocenters. The number of urea groups is 1. The Morgan fingerprint density at radius 3 is 2.10 bits per heavy atom. The van der Waals surface area contributed by atoms with Crippen LogP contribution in [-0.4, -0.2) is 6.03 Å². The van der Waals surface area contributed by atoms with Crippen molar-refractivity contribution >= 4 is 17.4 Å². The van der Waals surface area contributed by atoms with Crippen molar-refractivity contribution in [2.45, 2.75) is 20.4 Å². The molecule has 2 aromatic rings. The van der Waals surface area contributed by atoms with Crippen LogP contribution in [0.15, 0.2) is 42.5 Å². The molecule has 4 heteroatoms. The zero-order chi connectivity index (χ0) is 14.5. The van der Waals surface area contributed by atoms with Gasteiger partial charge in [-0.15, -0.1) is 0 Å². The maximum atomic E-state index is 10.7. The van der Waals surface area contributed by atoms with Gasteiger partial charge >= 0.3 is 6.03 Å². The van der Waals surface area contributed by atoms with Crippen molar-refractivity contribution in [3.8, 4) is 0 Å². The molecule has 2 amide bonds. The van der Waals surface area contributed by atoms with Crippen LogP contribution in [0.3, 0.4) is 0 Å². The first kappa shape index (κ1) is 13.9. The maximum Gasteiger partial charge on any atom is 0.316 e. The van der Waals surface area contributed by atoms with Gasteiger partial charge in [0.25, 0.3) is 0 Å². The van der Waals surface area contributed by atoms with Crippen molar-refractivity contribution in [1.82, 2.24) is 0 Å². The summed E-state index contributed by atoms with van der Waals surface area (Å²) in [5.41, 5.74) is 10.5. The van der Waals surface area contributed by atoms with Gasteiger partial charge in [-0.2, -0.15) is 0 Å². The van der Waals surface area contributed by atoms with E-state index in [9.17, 15) is 4.79 Å². The van der Waals surface area contributed by atoms with Gasteiger partial charge in [0.2, 0.25) is 0 Å². The lowest BCUT2D eigenvalue weighted by Gasteiger charge is -2.09. The minimum Gasteiger partial charge on any atom is -0.381 e. The predicted octanol–water partition coefficient (Wildman–Crippen LogP) is 3.41. The third-order valence-corrected chi connectivity index (χ3v) is 2.93. The van der Waals surface area contributed by atoms with E-state index >= 15 is 0 Å². The van der Waals surface area contributed by atoms with Crippen molar-refractivity contribution in [1.29, 1.82) is 0 Å². The highest BCUT2D eigenvalue weighted by atomic mass is 16.2. The standard InChI is InChI=1S/C16H19N3O/c1-11-7-12(2)9-13(8-11)10-18-14-3-5-15(6-4-14)19-16(17)20/h3-9,18H,10H2,1-2H3,(H3,17,19,20). The second-order valence-electron chi connectivity index (χ2n) is 4.92. The summed E-state index contributed by atoms with van der Waals surface area (Å²) in [6, 6.07) is 13.4. The van der Waals surface area contributed by atoms with Crippen LogP contribution in [0.4, 0.5) is 16.2 Å². The van der Waals surface area contributed by atoms with E-state index in [0.29, 0.717) is 5.69 Å². The van der Waals surface area contributed by atoms with Gasteiger partial charge in [0.15, 0.2) is 0 Å². The summed E-state index contributed by atoms with van der Waals surface area (Å²) >= 11 is 0. The number of nitrogens with one attached hydrogen (secondary N) is 2. The van der Waals surface area contributed by atoms with Gasteiger partial charge in [0.1, 0.15) is 0 Å². The number of anilines is 2. The topological polar surface area (TPSA) is 67.2 Å². The summed E-state index contributed by atoms with van der Waals surface area (Å²) in [5.74, 6) is 0. The van der Waals surface area contributed by atoms with Crippen molar-refractivity contribution in [2.75, 3.05) is 10.6 Å². The highest BCUT2D eigenvalue weighted by Gasteiger charge is 1.99. The van der Waals surface area contributed by atoms with E-state index in [1.165, 1.54) is 16.7 Å². The molecule has 2 rings (SSSR count). The molecule has 2 aromatic carbocycles. The van der Waals surface area contributed by atoms with Crippen LogP contribution in [0.25, 0.3) is 0 Å². The van der Waals surface area contributed by atoms with Gasteiger partial charge in [-0.05, 0) is 43.7 Å². The molecule has 20 heavy (non-hydrogen) atoms. The zero-order valence-corrected chi connectivity index (χ0v) is 11.7. The van der Waals surface area contributed by atoms with Crippen LogP contribution in [0.1, 0.15) is 16.7 Å². The number of benzene rings is 2. The van der Waals surface area contributed by atoms with Crippen LogP contribution in [0, 0.1) is 13.8 Å². The summed E-state index contributed by atoms with van der Waals surface area (Å²) in [5, 5.41) is 5.88. The molecule has 0 radical (unpaired) electrons. The van der Waals surface area contributed by atoms with Crippen LogP contribution >= 0.6 is 0 Å². The number of rotatable bonds is 4. The molecule has 0 saturated heterocycles. The largest absolute Gasteiger partial charge is 0.381 e. The SMILES string of the molecule is Cc1cc(C)cc(CNc2ccc(NC(N)=O)cc2)c1. The van der Waals surface area contributed by atoms with Crippen LogP contribution < -0.4 is 16.4 Å². The molecular weight excluding hydrogens is 250 g/mol. The first-order chi connectivity index (χ1) is 9.52. The quantitative estimate of drug-likeness (QED) is 0.796. The number of primary amides is 1. The van der Waals surface area contributed by atoms with Gasteiger partial charge in [-0.3, -0.25) is 0 Å². The average Bonchev–Trinajstić information content (AvgIpc) is 2.36. The fraction of sp³-hybridized carbons (Fsp3) is 0.188. The average molecular weight is 269 g/mol. The fourth-order valence-corrected chi connectivity index (χ4v) is 2.19. The lowest BCUT2D eigenvalue weighted by Crippen LogP contribution is -2.19. The Labute approximate surface area is 119 Å². The molecule has 0 saturated carbocycles. The summed E-state index contributed by atoms with van der Waals surface area (Å²) in [6.07, 6.45) is 0. The monoisotopic (exact) mass is 269 g/mol. The van der Waals surface area contributed by atoms with Gasteiger partial charge in [0.05, 0.1) is 0 Å². The van der Waals surface area contributed by atoms with Gasteiger partial charge in [0, 0.05) is 17.9 Å². The minimum atomic E-state index is -0.555. The van der Waals surface area contributed by atoms with E-state index in [4.69, 9.17) is 5.73 Å². The van der Waals surface area contributed by atoms with Crippen LogP contribution in [-0.2, 0) is 6.54 Å². The van der Waals surface area contributed by atoms with Gasteiger partial charge in [-0.1, -0.05) is 29.3 Å². The second kappa shape index (κ2) is 6.10. The Balaban J connectivity index is 1.98. The number of amides is 2. The number of aryl methyl sites for hydroxylation is 2. The molecule has 0 aromatic heterocycles. The van der Waals surface area contributed by atoms with Crippen molar-refractivity contribution in [2.24, 2.45) is 5.73 Å². The third-order valence-electron chi connectivity index (χ3n) is 2.93. The number of nitrogens with two attached hydrogens (primary N) is 1. The molecular formula is C16H19N3O. The van der Waals surface area contributed by atoms with E-state index in [0.717, 1.165) is 12.2 Å². The molecule has 104 valence electrons. The number of hydrogen-bond acceptors (Lipinski definition) is 2. The Morgan fingerprint density at radius 1 is 1.00 bits per heavy atom. The summed E-state index contributed by atoms with van der Waals surface area (Å²) in [4.78, 5) is 10.7. The van der Waals surface area contributed by atoms with Crippen molar-refractivity contribution < 1.29 is 4.79 Å². The molecule has 0 atom stereocenters. The van der Waals surface area contributed by atoms with E-state index in [1.54, 1.807) is 0 Å². The molecule has 0 bridgehead atoms. The maximum absolute atomic E-state index is 10.7. The van der Waals surface area contributed by atoms with E-state index < -0.39 is 6.03 Å². The zero-order valence-electron chi connectivity index (χ0n) is 11.7. The van der Waals surface area contributed by atoms with Crippen LogP contribution in [0.5, 0.6) is 0 Å².